The van der Waals surface area contributed by atoms with Crippen LogP contribution >= 0.6 is 0 Å². The summed E-state index contributed by atoms with van der Waals surface area (Å²) in [6.07, 6.45) is 13.6. The molecule has 92 valence electrons. The van der Waals surface area contributed by atoms with Crippen LogP contribution in [-0.2, 0) is 4.79 Å². The number of nitrogens with two attached hydrogens (primary N) is 1. The molecule has 0 saturated heterocycles. The van der Waals surface area contributed by atoms with Crippen LogP contribution in [0, 0.1) is 0 Å². The topological polar surface area (TPSA) is 43.1 Å². The Balaban J connectivity index is 0. The van der Waals surface area contributed by atoms with Crippen LogP contribution < -0.4 is 5.73 Å². The van der Waals surface area contributed by atoms with Crippen LogP contribution in [0.25, 0.3) is 0 Å². The predicted molar refractivity (Wildman–Crippen MR) is 72.8 cm³/mol. The van der Waals surface area contributed by atoms with Gasteiger partial charge >= 0.3 is 29.6 Å². The Morgan fingerprint density at radius 1 is 0.812 bits per heavy atom. The van der Waals surface area contributed by atoms with Crippen molar-refractivity contribution < 1.29 is 4.79 Å². The number of unbranched alkanes of at least 4 members (excludes halogenated alkanes) is 9. The molecule has 2 nitrogen and oxygen atoms in total. The molecule has 2 N–H and O–H groups in total. The molecule has 0 saturated carbocycles. The minimum atomic E-state index is -0.158. The fraction of sp³-hybridized carbons (Fsp3) is 0.923. The molecule has 1 amide bonds. The van der Waals surface area contributed by atoms with E-state index in [2.05, 4.69) is 6.92 Å². The van der Waals surface area contributed by atoms with Crippen molar-refractivity contribution in [2.24, 2.45) is 5.73 Å². The van der Waals surface area contributed by atoms with Gasteiger partial charge in [0, 0.05) is 6.42 Å². The summed E-state index contributed by atoms with van der Waals surface area (Å²) in [5.41, 5.74) is 5.06. The Kier molecular flexibility index (Phi) is 18.2. The quantitative estimate of drug-likeness (QED) is 0.435. The Hall–Kier alpha value is 0.470. The van der Waals surface area contributed by atoms with Gasteiger partial charge in [-0.1, -0.05) is 64.7 Å². The first-order chi connectivity index (χ1) is 7.27. The maximum absolute atomic E-state index is 10.5. The number of hydrogen-bond acceptors (Lipinski definition) is 1. The molecule has 16 heavy (non-hydrogen) atoms. The third-order valence-electron chi connectivity index (χ3n) is 2.78. The van der Waals surface area contributed by atoms with Crippen molar-refractivity contribution >= 4 is 35.5 Å². The number of carbonyl (C=O) groups is 1. The Labute approximate surface area is 123 Å². The van der Waals surface area contributed by atoms with Gasteiger partial charge in [0.25, 0.3) is 0 Å². The SMILES string of the molecule is CCCCCCCCCCCCC(N)=O.[NaH]. The van der Waals surface area contributed by atoms with Crippen molar-refractivity contribution in [3.8, 4) is 0 Å². The van der Waals surface area contributed by atoms with E-state index < -0.39 is 0 Å². The minimum absolute atomic E-state index is 0. The molecule has 0 atom stereocenters. The summed E-state index contributed by atoms with van der Waals surface area (Å²) in [5.74, 6) is -0.158. The van der Waals surface area contributed by atoms with Crippen LogP contribution in [0.4, 0.5) is 0 Å². The molecule has 3 heteroatoms. The Morgan fingerprint density at radius 3 is 1.56 bits per heavy atom. The van der Waals surface area contributed by atoms with Crippen molar-refractivity contribution in [3.05, 3.63) is 0 Å². The van der Waals surface area contributed by atoms with Gasteiger partial charge in [0.15, 0.2) is 0 Å². The average molecular weight is 237 g/mol. The molecule has 0 heterocycles. The van der Waals surface area contributed by atoms with Crippen molar-refractivity contribution in [1.29, 1.82) is 0 Å². The monoisotopic (exact) mass is 237 g/mol. The summed E-state index contributed by atoms with van der Waals surface area (Å²) in [6, 6.07) is 0. The number of primary amides is 1. The van der Waals surface area contributed by atoms with Crippen LogP contribution in [0.15, 0.2) is 0 Å². The molecule has 0 aliphatic heterocycles. The third kappa shape index (κ3) is 16.9. The molecule has 0 aromatic rings. The first kappa shape index (κ1) is 18.8. The van der Waals surface area contributed by atoms with E-state index in [0.29, 0.717) is 6.42 Å². The zero-order valence-electron chi connectivity index (χ0n) is 10.3. The van der Waals surface area contributed by atoms with Gasteiger partial charge in [-0.05, 0) is 6.42 Å². The zero-order valence-corrected chi connectivity index (χ0v) is 10.3. The fourth-order valence-electron chi connectivity index (χ4n) is 1.79. The molecule has 0 aromatic heterocycles. The molecule has 0 aromatic carbocycles. The van der Waals surface area contributed by atoms with Gasteiger partial charge in [-0.15, -0.1) is 0 Å². The standard InChI is InChI=1S/C13H27NO.Na.H/c1-2-3-4-5-6-7-8-9-10-11-12-13(14)15;;/h2-12H2,1H3,(H2,14,15);;. The van der Waals surface area contributed by atoms with Crippen LogP contribution in [0.5, 0.6) is 0 Å². The molecule has 0 rings (SSSR count). The second-order valence-electron chi connectivity index (χ2n) is 4.40. The van der Waals surface area contributed by atoms with E-state index >= 15 is 0 Å². The van der Waals surface area contributed by atoms with Gasteiger partial charge in [0.2, 0.25) is 5.91 Å². The first-order valence-electron chi connectivity index (χ1n) is 6.55. The van der Waals surface area contributed by atoms with E-state index in [1.54, 1.807) is 0 Å². The number of hydrogen-bond donors (Lipinski definition) is 1. The van der Waals surface area contributed by atoms with Gasteiger partial charge in [-0.2, -0.15) is 0 Å². The second kappa shape index (κ2) is 15.5. The van der Waals surface area contributed by atoms with Gasteiger partial charge in [0.1, 0.15) is 0 Å². The van der Waals surface area contributed by atoms with Gasteiger partial charge < -0.3 is 5.73 Å². The van der Waals surface area contributed by atoms with E-state index in [-0.39, 0.29) is 35.5 Å². The average Bonchev–Trinajstić information content (AvgIpc) is 2.20. The third-order valence-corrected chi connectivity index (χ3v) is 2.78. The summed E-state index contributed by atoms with van der Waals surface area (Å²) in [6.45, 7) is 2.25. The van der Waals surface area contributed by atoms with Crippen LogP contribution in [-0.4, -0.2) is 35.5 Å². The molecule has 0 aliphatic rings. The van der Waals surface area contributed by atoms with E-state index in [1.165, 1.54) is 51.4 Å². The van der Waals surface area contributed by atoms with Crippen LogP contribution in [0.2, 0.25) is 0 Å². The summed E-state index contributed by atoms with van der Waals surface area (Å²) in [5, 5.41) is 0. The molecular weight excluding hydrogens is 209 g/mol. The summed E-state index contributed by atoms with van der Waals surface area (Å²) >= 11 is 0. The second-order valence-corrected chi connectivity index (χ2v) is 4.40. The Morgan fingerprint density at radius 2 is 1.19 bits per heavy atom. The van der Waals surface area contributed by atoms with Crippen molar-refractivity contribution in [1.82, 2.24) is 0 Å². The first-order valence-corrected chi connectivity index (χ1v) is 6.55. The Bertz CT molecular complexity index is 151. The van der Waals surface area contributed by atoms with Gasteiger partial charge in [0.05, 0.1) is 0 Å². The van der Waals surface area contributed by atoms with Gasteiger partial charge in [-0.25, -0.2) is 0 Å². The molecule has 0 bridgehead atoms. The molecule has 0 fully saturated rings. The van der Waals surface area contributed by atoms with Crippen LogP contribution in [0.1, 0.15) is 77.6 Å². The maximum atomic E-state index is 10.5. The summed E-state index contributed by atoms with van der Waals surface area (Å²) in [4.78, 5) is 10.5. The van der Waals surface area contributed by atoms with E-state index in [1.807, 2.05) is 0 Å². The zero-order chi connectivity index (χ0) is 11.4. The number of carbonyl (C=O) groups excluding carboxylic acids is 1. The molecule has 0 aliphatic carbocycles. The van der Waals surface area contributed by atoms with Crippen molar-refractivity contribution in [2.75, 3.05) is 0 Å². The van der Waals surface area contributed by atoms with E-state index in [0.717, 1.165) is 12.8 Å². The van der Waals surface area contributed by atoms with E-state index in [4.69, 9.17) is 5.73 Å². The molecule has 0 unspecified atom stereocenters. The summed E-state index contributed by atoms with van der Waals surface area (Å²) < 4.78 is 0. The number of amides is 1. The van der Waals surface area contributed by atoms with Crippen LogP contribution in [0.3, 0.4) is 0 Å². The predicted octanol–water partition coefficient (Wildman–Crippen LogP) is 3.13. The van der Waals surface area contributed by atoms with E-state index in [9.17, 15) is 4.79 Å². The van der Waals surface area contributed by atoms with Gasteiger partial charge in [-0.3, -0.25) is 4.79 Å². The number of rotatable bonds is 11. The molecule has 0 spiro atoms. The molecule has 0 radical (unpaired) electrons. The van der Waals surface area contributed by atoms with Crippen molar-refractivity contribution in [3.63, 3.8) is 0 Å². The molecular formula is C13H28NNaO. The van der Waals surface area contributed by atoms with Crippen molar-refractivity contribution in [2.45, 2.75) is 77.6 Å². The fourth-order valence-corrected chi connectivity index (χ4v) is 1.79. The normalized spacial score (nSPS) is 9.81. The summed E-state index contributed by atoms with van der Waals surface area (Å²) in [7, 11) is 0.